The summed E-state index contributed by atoms with van der Waals surface area (Å²) in [5, 5.41) is 6.72. The van der Waals surface area contributed by atoms with E-state index in [0.29, 0.717) is 6.54 Å². The van der Waals surface area contributed by atoms with Crippen LogP contribution < -0.4 is 32.5 Å². The molecule has 5 rings (SSSR count). The smallest absolute Gasteiger partial charge is 0.275 e. The van der Waals surface area contributed by atoms with Gasteiger partial charge in [0.05, 0.1) is 0 Å². The molecule has 7 nitrogen and oxygen atoms in total. The van der Waals surface area contributed by atoms with Crippen molar-refractivity contribution in [3.8, 4) is 0 Å². The number of nitrogens with zero attached hydrogens (tertiary/aromatic N) is 2. The molecular weight excluding hydrogens is 560 g/mol. The highest BCUT2D eigenvalue weighted by Crippen LogP contribution is 2.29. The first-order chi connectivity index (χ1) is 21.9. The highest BCUT2D eigenvalue weighted by Gasteiger charge is 2.20. The first-order valence-corrected chi connectivity index (χ1v) is 15.1. The van der Waals surface area contributed by atoms with Crippen molar-refractivity contribution in [1.29, 1.82) is 0 Å². The van der Waals surface area contributed by atoms with Gasteiger partial charge in [0, 0.05) is 25.6 Å². The fraction of sp³-hybridized carbons (Fsp3) is 0.184. The van der Waals surface area contributed by atoms with Crippen molar-refractivity contribution in [3.63, 3.8) is 0 Å². The predicted molar refractivity (Wildman–Crippen MR) is 180 cm³/mol. The van der Waals surface area contributed by atoms with Crippen molar-refractivity contribution in [2.24, 2.45) is 7.05 Å². The number of hydrogen-bond donors (Lipinski definition) is 2. The maximum absolute atomic E-state index is 13.9. The molecule has 2 N–H and O–H groups in total. The average molecular weight is 599 g/mol. The second-order valence-electron chi connectivity index (χ2n) is 11.0. The van der Waals surface area contributed by atoms with Gasteiger partial charge < -0.3 is 15.2 Å². The molecule has 0 aliphatic rings. The van der Waals surface area contributed by atoms with E-state index in [1.807, 2.05) is 104 Å². The van der Waals surface area contributed by atoms with Crippen molar-refractivity contribution in [1.82, 2.24) is 19.8 Å². The van der Waals surface area contributed by atoms with Crippen LogP contribution in [0.15, 0.2) is 131 Å². The maximum Gasteiger partial charge on any atom is 0.275 e. The fourth-order valence-electron chi connectivity index (χ4n) is 5.52. The Balaban J connectivity index is 1.44. The molecule has 0 fully saturated rings. The zero-order chi connectivity index (χ0) is 31.6. The number of hydrogen-bond acceptors (Lipinski definition) is 4. The minimum absolute atomic E-state index is 0.0444. The third-order valence-corrected chi connectivity index (χ3v) is 8.03. The van der Waals surface area contributed by atoms with Gasteiger partial charge in [-0.05, 0) is 47.9 Å². The van der Waals surface area contributed by atoms with E-state index in [0.717, 1.165) is 17.5 Å². The summed E-state index contributed by atoms with van der Waals surface area (Å²) in [5.41, 5.74) is 3.15. The Kier molecular flexibility index (Phi) is 10.4. The van der Waals surface area contributed by atoms with Gasteiger partial charge in [0.1, 0.15) is 17.2 Å². The summed E-state index contributed by atoms with van der Waals surface area (Å²) in [4.78, 5) is 41.0. The van der Waals surface area contributed by atoms with Crippen LogP contribution in [-0.2, 0) is 18.4 Å². The summed E-state index contributed by atoms with van der Waals surface area (Å²) in [6.07, 6.45) is 4.08. The first kappa shape index (κ1) is 31.2. The van der Waals surface area contributed by atoms with Crippen molar-refractivity contribution < 1.29 is 4.79 Å². The Bertz CT molecular complexity index is 1910. The highest BCUT2D eigenvalue weighted by molar-refractivity contribution is 5.75. The summed E-state index contributed by atoms with van der Waals surface area (Å²) in [6, 6.07) is 39.3. The Morgan fingerprint density at radius 2 is 1.16 bits per heavy atom. The number of amides is 1. The molecule has 0 aliphatic carbocycles. The quantitative estimate of drug-likeness (QED) is 0.245. The molecule has 0 saturated carbocycles. The van der Waals surface area contributed by atoms with Crippen LogP contribution in [0, 0.1) is 0 Å². The van der Waals surface area contributed by atoms with Gasteiger partial charge in [0.15, 0.2) is 0 Å². The molecule has 4 aromatic carbocycles. The number of nitrogens with one attached hydrogen (secondary N) is 2. The summed E-state index contributed by atoms with van der Waals surface area (Å²) >= 11 is 0. The second kappa shape index (κ2) is 14.9. The topological polar surface area (TPSA) is 85.1 Å². The van der Waals surface area contributed by atoms with Crippen molar-refractivity contribution in [3.05, 3.63) is 175 Å². The molecule has 0 saturated heterocycles. The Hall–Kier alpha value is -5.27. The first-order valence-electron chi connectivity index (χ1n) is 15.1. The molecule has 228 valence electrons. The van der Waals surface area contributed by atoms with Crippen molar-refractivity contribution >= 4 is 18.1 Å². The molecule has 1 heterocycles. The zero-order valence-corrected chi connectivity index (χ0v) is 25.6. The molecule has 1 unspecified atom stereocenters. The van der Waals surface area contributed by atoms with E-state index in [-0.39, 0.29) is 40.7 Å². The molecule has 0 aliphatic heterocycles. The molecule has 0 radical (unpaired) electrons. The Labute approximate surface area is 262 Å². The monoisotopic (exact) mass is 598 g/mol. The molecule has 7 heteroatoms. The fourth-order valence-corrected chi connectivity index (χ4v) is 5.52. The van der Waals surface area contributed by atoms with Gasteiger partial charge in [-0.3, -0.25) is 19.0 Å². The van der Waals surface area contributed by atoms with Gasteiger partial charge in [0.25, 0.3) is 11.1 Å². The molecule has 1 amide bonds. The van der Waals surface area contributed by atoms with Crippen LogP contribution in [0.25, 0.3) is 12.2 Å². The van der Waals surface area contributed by atoms with Crippen LogP contribution in [0.4, 0.5) is 0 Å². The lowest BCUT2D eigenvalue weighted by Crippen LogP contribution is -2.58. The largest absolute Gasteiger partial charge is 0.353 e. The van der Waals surface area contributed by atoms with Gasteiger partial charge in [-0.1, -0.05) is 121 Å². The number of aromatic nitrogens is 2. The SMILES string of the molecule is CNC(CNC(=O)Cn1c(=O)/c(=C/c2ccccc2)n(C)c(=O)/c1=C/c1ccccc1)CC(c1ccccc1)c1ccccc1. The molecule has 5 aromatic rings. The van der Waals surface area contributed by atoms with E-state index in [1.54, 1.807) is 19.2 Å². The number of likely N-dealkylation sites (N-methyl/N-ethyl adjacent to an activating group) is 1. The normalized spacial score (nSPS) is 12.8. The lowest BCUT2D eigenvalue weighted by molar-refractivity contribution is -0.121. The number of carbonyl (C=O) groups is 1. The van der Waals surface area contributed by atoms with Gasteiger partial charge in [0.2, 0.25) is 5.91 Å². The van der Waals surface area contributed by atoms with Gasteiger partial charge in [-0.2, -0.15) is 0 Å². The summed E-state index contributed by atoms with van der Waals surface area (Å²) in [5.74, 6) is -0.223. The number of rotatable bonds is 11. The average Bonchev–Trinajstić information content (AvgIpc) is 3.09. The van der Waals surface area contributed by atoms with E-state index >= 15 is 0 Å². The number of carbonyl (C=O) groups excluding carboxylic acids is 1. The van der Waals surface area contributed by atoms with Gasteiger partial charge in [-0.25, -0.2) is 0 Å². The van der Waals surface area contributed by atoms with E-state index < -0.39 is 5.56 Å². The second-order valence-corrected chi connectivity index (χ2v) is 11.0. The minimum atomic E-state index is -0.420. The number of benzene rings is 4. The minimum Gasteiger partial charge on any atom is -0.353 e. The van der Waals surface area contributed by atoms with Crippen LogP contribution in [-0.4, -0.2) is 34.7 Å². The zero-order valence-electron chi connectivity index (χ0n) is 25.6. The molecule has 45 heavy (non-hydrogen) atoms. The van der Waals surface area contributed by atoms with E-state index in [9.17, 15) is 14.4 Å². The van der Waals surface area contributed by atoms with Gasteiger partial charge >= 0.3 is 0 Å². The summed E-state index contributed by atoms with van der Waals surface area (Å²) < 4.78 is 2.63. The van der Waals surface area contributed by atoms with Crippen LogP contribution >= 0.6 is 0 Å². The summed E-state index contributed by atoms with van der Waals surface area (Å²) in [6.45, 7) is 0.0618. The lowest BCUT2D eigenvalue weighted by atomic mass is 9.86. The molecule has 0 bridgehead atoms. The van der Waals surface area contributed by atoms with Crippen molar-refractivity contribution in [2.45, 2.75) is 24.9 Å². The maximum atomic E-state index is 13.9. The lowest BCUT2D eigenvalue weighted by Gasteiger charge is -2.25. The Morgan fingerprint density at radius 3 is 1.64 bits per heavy atom. The third kappa shape index (κ3) is 7.82. The predicted octanol–water partition coefficient (Wildman–Crippen LogP) is 3.13. The van der Waals surface area contributed by atoms with Crippen LogP contribution in [0.3, 0.4) is 0 Å². The summed E-state index contributed by atoms with van der Waals surface area (Å²) in [7, 11) is 3.46. The standard InChI is InChI=1S/C38H38N4O3/c1-39-32(25-33(30-19-11-5-12-20-30)31-21-13-6-14-22-31)26-40-36(43)27-42-35(24-29-17-9-4-10-18-29)37(44)41(2)34(38(42)45)23-28-15-7-3-8-16-28/h3-24,32-33,39H,25-27H2,1-2H3,(H,40,43)/b34-23-,35-24-. The molecule has 1 aromatic heterocycles. The van der Waals surface area contributed by atoms with Gasteiger partial charge in [-0.15, -0.1) is 0 Å². The van der Waals surface area contributed by atoms with E-state index in [4.69, 9.17) is 0 Å². The molecule has 0 spiro atoms. The highest BCUT2D eigenvalue weighted by atomic mass is 16.2. The molecule has 1 atom stereocenters. The van der Waals surface area contributed by atoms with E-state index in [1.165, 1.54) is 20.3 Å². The van der Waals surface area contributed by atoms with Crippen molar-refractivity contribution in [2.75, 3.05) is 13.6 Å². The van der Waals surface area contributed by atoms with E-state index in [2.05, 4.69) is 34.9 Å². The third-order valence-electron chi connectivity index (χ3n) is 8.03. The van der Waals surface area contributed by atoms with Crippen LogP contribution in [0.1, 0.15) is 34.6 Å². The van der Waals surface area contributed by atoms with Crippen LogP contribution in [0.2, 0.25) is 0 Å². The Morgan fingerprint density at radius 1 is 0.689 bits per heavy atom. The molecular formula is C38H38N4O3. The van der Waals surface area contributed by atoms with Crippen LogP contribution in [0.5, 0.6) is 0 Å².